The fourth-order valence-electron chi connectivity index (χ4n) is 1.89. The van der Waals surface area contributed by atoms with E-state index >= 15 is 0 Å². The molecule has 1 aromatic rings. The van der Waals surface area contributed by atoms with Gasteiger partial charge in [-0.2, -0.15) is 0 Å². The van der Waals surface area contributed by atoms with Crippen LogP contribution in [0.4, 0.5) is 5.69 Å². The molecule has 0 fully saturated rings. The second-order valence-electron chi connectivity index (χ2n) is 3.73. The van der Waals surface area contributed by atoms with Crippen molar-refractivity contribution < 1.29 is 9.90 Å². The third-order valence-corrected chi connectivity index (χ3v) is 2.70. The topological polar surface area (TPSA) is 49.3 Å². The number of benzene rings is 1. The molecule has 0 amide bonds. The number of hydrogen-bond acceptors (Lipinski definition) is 2. The predicted octanol–water partition coefficient (Wildman–Crippen LogP) is 1.66. The standard InChI is InChI=1S/C11H13NO2/c1-7-3-2-4-8-5-9(11(13)14)6-12-10(7)8/h2-4,9,12H,5-6H2,1H3,(H,13,14). The summed E-state index contributed by atoms with van der Waals surface area (Å²) in [4.78, 5) is 10.8. The maximum atomic E-state index is 10.8. The number of para-hydroxylation sites is 1. The lowest BCUT2D eigenvalue weighted by molar-refractivity contribution is -0.141. The zero-order valence-corrected chi connectivity index (χ0v) is 8.08. The molecule has 0 radical (unpaired) electrons. The first-order valence-electron chi connectivity index (χ1n) is 4.73. The number of carbonyl (C=O) groups is 1. The average molecular weight is 191 g/mol. The van der Waals surface area contributed by atoms with Crippen LogP contribution in [0.3, 0.4) is 0 Å². The Morgan fingerprint density at radius 2 is 2.36 bits per heavy atom. The Balaban J connectivity index is 2.31. The van der Waals surface area contributed by atoms with Gasteiger partial charge in [0.05, 0.1) is 5.92 Å². The van der Waals surface area contributed by atoms with E-state index in [1.807, 2.05) is 25.1 Å². The lowest BCUT2D eigenvalue weighted by Gasteiger charge is -2.24. The van der Waals surface area contributed by atoms with E-state index < -0.39 is 5.97 Å². The summed E-state index contributed by atoms with van der Waals surface area (Å²) in [6.45, 7) is 2.57. The highest BCUT2D eigenvalue weighted by Gasteiger charge is 2.24. The minimum atomic E-state index is -0.718. The summed E-state index contributed by atoms with van der Waals surface area (Å²) in [6, 6.07) is 6.00. The summed E-state index contributed by atoms with van der Waals surface area (Å²) < 4.78 is 0. The van der Waals surface area contributed by atoms with Crippen LogP contribution in [0.25, 0.3) is 0 Å². The van der Waals surface area contributed by atoms with Gasteiger partial charge in [0.1, 0.15) is 0 Å². The van der Waals surface area contributed by atoms with Crippen LogP contribution in [0.1, 0.15) is 11.1 Å². The van der Waals surface area contributed by atoms with Crippen molar-refractivity contribution in [2.75, 3.05) is 11.9 Å². The van der Waals surface area contributed by atoms with Crippen LogP contribution in [-0.2, 0) is 11.2 Å². The summed E-state index contributed by atoms with van der Waals surface area (Å²) in [6.07, 6.45) is 0.638. The van der Waals surface area contributed by atoms with Crippen LogP contribution in [0, 0.1) is 12.8 Å². The van der Waals surface area contributed by atoms with Crippen LogP contribution in [0.15, 0.2) is 18.2 Å². The summed E-state index contributed by atoms with van der Waals surface area (Å²) >= 11 is 0. The van der Waals surface area contributed by atoms with Gasteiger partial charge in [-0.3, -0.25) is 4.79 Å². The molecule has 2 rings (SSSR count). The van der Waals surface area contributed by atoms with E-state index in [2.05, 4.69) is 5.32 Å². The average Bonchev–Trinajstić information content (AvgIpc) is 2.17. The second-order valence-corrected chi connectivity index (χ2v) is 3.73. The van der Waals surface area contributed by atoms with Gasteiger partial charge in [-0.15, -0.1) is 0 Å². The molecule has 1 atom stereocenters. The van der Waals surface area contributed by atoms with Gasteiger partial charge in [0.15, 0.2) is 0 Å². The van der Waals surface area contributed by atoms with Gasteiger partial charge in [-0.05, 0) is 24.5 Å². The minimum Gasteiger partial charge on any atom is -0.481 e. The fraction of sp³-hybridized carbons (Fsp3) is 0.364. The molecule has 1 unspecified atom stereocenters. The Hall–Kier alpha value is -1.51. The van der Waals surface area contributed by atoms with Gasteiger partial charge < -0.3 is 10.4 Å². The molecule has 0 bridgehead atoms. The monoisotopic (exact) mass is 191 g/mol. The van der Waals surface area contributed by atoms with E-state index in [4.69, 9.17) is 5.11 Å². The number of hydrogen-bond donors (Lipinski definition) is 2. The lowest BCUT2D eigenvalue weighted by Crippen LogP contribution is -2.29. The molecule has 1 aliphatic heterocycles. The third kappa shape index (κ3) is 1.45. The van der Waals surface area contributed by atoms with Crippen molar-refractivity contribution in [1.29, 1.82) is 0 Å². The normalized spacial score (nSPS) is 19.6. The van der Waals surface area contributed by atoms with E-state index in [-0.39, 0.29) is 5.92 Å². The van der Waals surface area contributed by atoms with Gasteiger partial charge in [0, 0.05) is 12.2 Å². The van der Waals surface area contributed by atoms with Crippen LogP contribution in [-0.4, -0.2) is 17.6 Å². The van der Waals surface area contributed by atoms with Crippen molar-refractivity contribution in [2.24, 2.45) is 5.92 Å². The highest BCUT2D eigenvalue weighted by atomic mass is 16.4. The number of nitrogens with one attached hydrogen (secondary N) is 1. The highest BCUT2D eigenvalue weighted by Crippen LogP contribution is 2.27. The number of aliphatic carboxylic acids is 1. The smallest absolute Gasteiger partial charge is 0.308 e. The Bertz CT molecular complexity index is 374. The first-order valence-corrected chi connectivity index (χ1v) is 4.73. The van der Waals surface area contributed by atoms with Crippen molar-refractivity contribution in [3.8, 4) is 0 Å². The Morgan fingerprint density at radius 3 is 3.07 bits per heavy atom. The number of rotatable bonds is 1. The predicted molar refractivity (Wildman–Crippen MR) is 54.5 cm³/mol. The summed E-state index contributed by atoms with van der Waals surface area (Å²) in [5, 5.41) is 12.1. The van der Waals surface area contributed by atoms with E-state index in [1.54, 1.807) is 0 Å². The largest absolute Gasteiger partial charge is 0.481 e. The molecule has 0 spiro atoms. The quantitative estimate of drug-likeness (QED) is 0.709. The van der Waals surface area contributed by atoms with Crippen molar-refractivity contribution >= 4 is 11.7 Å². The molecule has 1 aromatic carbocycles. The van der Waals surface area contributed by atoms with E-state index in [0.29, 0.717) is 13.0 Å². The zero-order chi connectivity index (χ0) is 10.1. The van der Waals surface area contributed by atoms with Gasteiger partial charge in [-0.1, -0.05) is 18.2 Å². The highest BCUT2D eigenvalue weighted by molar-refractivity contribution is 5.74. The molecule has 0 aliphatic carbocycles. The van der Waals surface area contributed by atoms with Crippen LogP contribution in [0.2, 0.25) is 0 Å². The molecular weight excluding hydrogens is 178 g/mol. The fourth-order valence-corrected chi connectivity index (χ4v) is 1.89. The van der Waals surface area contributed by atoms with Crippen molar-refractivity contribution in [3.63, 3.8) is 0 Å². The maximum absolute atomic E-state index is 10.8. The molecule has 3 heteroatoms. The van der Waals surface area contributed by atoms with E-state index in [9.17, 15) is 4.79 Å². The Morgan fingerprint density at radius 1 is 1.57 bits per heavy atom. The maximum Gasteiger partial charge on any atom is 0.308 e. The number of carboxylic acid groups (broad SMARTS) is 1. The zero-order valence-electron chi connectivity index (χ0n) is 8.08. The van der Waals surface area contributed by atoms with Crippen molar-refractivity contribution in [3.05, 3.63) is 29.3 Å². The third-order valence-electron chi connectivity index (χ3n) is 2.70. The molecule has 74 valence electrons. The van der Waals surface area contributed by atoms with Gasteiger partial charge in [-0.25, -0.2) is 0 Å². The molecule has 2 N–H and O–H groups in total. The van der Waals surface area contributed by atoms with Crippen molar-refractivity contribution in [2.45, 2.75) is 13.3 Å². The molecule has 1 heterocycles. The Kier molecular flexibility index (Phi) is 2.15. The van der Waals surface area contributed by atoms with E-state index in [1.165, 1.54) is 5.56 Å². The van der Waals surface area contributed by atoms with E-state index in [0.717, 1.165) is 11.3 Å². The summed E-state index contributed by atoms with van der Waals surface area (Å²) in [7, 11) is 0. The number of anilines is 1. The molecular formula is C11H13NO2. The van der Waals surface area contributed by atoms with Crippen molar-refractivity contribution in [1.82, 2.24) is 0 Å². The molecule has 0 saturated carbocycles. The summed E-state index contributed by atoms with van der Waals surface area (Å²) in [5.41, 5.74) is 3.42. The molecule has 14 heavy (non-hydrogen) atoms. The van der Waals surface area contributed by atoms with Crippen LogP contribution < -0.4 is 5.32 Å². The molecule has 1 aliphatic rings. The van der Waals surface area contributed by atoms with Crippen LogP contribution in [0.5, 0.6) is 0 Å². The molecule has 3 nitrogen and oxygen atoms in total. The van der Waals surface area contributed by atoms with Gasteiger partial charge in [0.25, 0.3) is 0 Å². The first-order chi connectivity index (χ1) is 6.68. The molecule has 0 aromatic heterocycles. The summed E-state index contributed by atoms with van der Waals surface area (Å²) in [5.74, 6) is -1.01. The Labute approximate surface area is 82.8 Å². The lowest BCUT2D eigenvalue weighted by atomic mass is 9.92. The van der Waals surface area contributed by atoms with Gasteiger partial charge >= 0.3 is 5.97 Å². The first kappa shape index (κ1) is 9.06. The molecule has 0 saturated heterocycles. The number of carboxylic acids is 1. The number of aryl methyl sites for hydroxylation is 1. The SMILES string of the molecule is Cc1cccc2c1NCC(C(=O)O)C2. The second kappa shape index (κ2) is 3.33. The van der Waals surface area contributed by atoms with Gasteiger partial charge in [0.2, 0.25) is 0 Å². The minimum absolute atomic E-state index is 0.288. The number of fused-ring (bicyclic) bond motifs is 1. The van der Waals surface area contributed by atoms with Crippen LogP contribution >= 0.6 is 0 Å².